The average molecular weight is 215 g/mol. The van der Waals surface area contributed by atoms with Gasteiger partial charge in [0.2, 0.25) is 0 Å². The lowest BCUT2D eigenvalue weighted by Crippen LogP contribution is -2.47. The first-order valence-corrected chi connectivity index (χ1v) is 6.29. The number of nitrogens with zero attached hydrogens (tertiary/aromatic N) is 1. The van der Waals surface area contributed by atoms with Gasteiger partial charge in [-0.2, -0.15) is 0 Å². The molecule has 0 bridgehead atoms. The molecule has 0 saturated carbocycles. The number of ether oxygens (including phenoxy) is 1. The molecular weight excluding hydrogens is 190 g/mol. The van der Waals surface area contributed by atoms with E-state index >= 15 is 0 Å². The number of likely N-dealkylation sites (tertiary alicyclic amines) is 1. The molecule has 1 heterocycles. The van der Waals surface area contributed by atoms with E-state index in [1.807, 2.05) is 6.92 Å². The van der Waals surface area contributed by atoms with Gasteiger partial charge in [0.1, 0.15) is 0 Å². The Morgan fingerprint density at radius 2 is 2.20 bits per heavy atom. The summed E-state index contributed by atoms with van der Waals surface area (Å²) in [5, 5.41) is 9.93. The van der Waals surface area contributed by atoms with Crippen molar-refractivity contribution in [2.24, 2.45) is 0 Å². The van der Waals surface area contributed by atoms with Gasteiger partial charge in [-0.15, -0.1) is 0 Å². The molecule has 15 heavy (non-hydrogen) atoms. The Bertz CT molecular complexity index is 164. The fourth-order valence-electron chi connectivity index (χ4n) is 2.33. The van der Waals surface area contributed by atoms with Crippen molar-refractivity contribution in [2.75, 3.05) is 26.3 Å². The summed E-state index contributed by atoms with van der Waals surface area (Å²) in [6.07, 6.45) is 4.36. The van der Waals surface area contributed by atoms with E-state index in [4.69, 9.17) is 4.74 Å². The lowest BCUT2D eigenvalue weighted by molar-refractivity contribution is 0.00736. The van der Waals surface area contributed by atoms with E-state index in [0.29, 0.717) is 6.04 Å². The van der Waals surface area contributed by atoms with Gasteiger partial charge in [0.15, 0.2) is 0 Å². The monoisotopic (exact) mass is 215 g/mol. The topological polar surface area (TPSA) is 32.7 Å². The highest BCUT2D eigenvalue weighted by atomic mass is 16.5. The number of aliphatic hydroxyl groups is 1. The Hall–Kier alpha value is -0.120. The summed E-state index contributed by atoms with van der Waals surface area (Å²) in [5.74, 6) is 0. The van der Waals surface area contributed by atoms with Gasteiger partial charge in [0, 0.05) is 19.2 Å². The molecule has 90 valence electrons. The molecule has 1 aliphatic rings. The Morgan fingerprint density at radius 3 is 2.87 bits per heavy atom. The minimum absolute atomic E-state index is 0.160. The summed E-state index contributed by atoms with van der Waals surface area (Å²) >= 11 is 0. The molecule has 0 spiro atoms. The van der Waals surface area contributed by atoms with Crippen molar-refractivity contribution in [3.63, 3.8) is 0 Å². The summed E-state index contributed by atoms with van der Waals surface area (Å²) < 4.78 is 5.37. The molecule has 3 nitrogen and oxygen atoms in total. The molecule has 3 heteroatoms. The predicted octanol–water partition coefficient (Wildman–Crippen LogP) is 1.65. The van der Waals surface area contributed by atoms with E-state index in [0.717, 1.165) is 39.1 Å². The van der Waals surface area contributed by atoms with Crippen LogP contribution in [0.15, 0.2) is 0 Å². The maximum Gasteiger partial charge on any atom is 0.0692 e. The maximum atomic E-state index is 9.93. The molecule has 1 saturated heterocycles. The molecule has 0 radical (unpaired) electrons. The largest absolute Gasteiger partial charge is 0.392 e. The third-order valence-electron chi connectivity index (χ3n) is 3.25. The highest BCUT2D eigenvalue weighted by Crippen LogP contribution is 2.20. The summed E-state index contributed by atoms with van der Waals surface area (Å²) in [4.78, 5) is 2.40. The fourth-order valence-corrected chi connectivity index (χ4v) is 2.33. The Kier molecular flexibility index (Phi) is 6.22. The van der Waals surface area contributed by atoms with Gasteiger partial charge in [-0.05, 0) is 32.7 Å². The number of aliphatic hydroxyl groups excluding tert-OH is 1. The predicted molar refractivity (Wildman–Crippen MR) is 62.0 cm³/mol. The van der Waals surface area contributed by atoms with Gasteiger partial charge in [-0.3, -0.25) is 4.90 Å². The van der Waals surface area contributed by atoms with Crippen LogP contribution in [0.1, 0.15) is 39.5 Å². The zero-order valence-corrected chi connectivity index (χ0v) is 10.1. The quantitative estimate of drug-likeness (QED) is 0.684. The van der Waals surface area contributed by atoms with Crippen molar-refractivity contribution in [3.05, 3.63) is 0 Å². The van der Waals surface area contributed by atoms with Crippen LogP contribution in [-0.4, -0.2) is 48.5 Å². The second-order valence-electron chi connectivity index (χ2n) is 4.27. The lowest BCUT2D eigenvalue weighted by Gasteiger charge is -2.38. The Morgan fingerprint density at radius 1 is 1.40 bits per heavy atom. The van der Waals surface area contributed by atoms with Crippen molar-refractivity contribution in [1.29, 1.82) is 0 Å². The van der Waals surface area contributed by atoms with Gasteiger partial charge in [0.05, 0.1) is 12.7 Å². The molecule has 0 unspecified atom stereocenters. The van der Waals surface area contributed by atoms with E-state index in [1.54, 1.807) is 0 Å². The number of rotatable bonds is 6. The fraction of sp³-hybridized carbons (Fsp3) is 1.00. The third-order valence-corrected chi connectivity index (χ3v) is 3.25. The van der Waals surface area contributed by atoms with Gasteiger partial charge in [0.25, 0.3) is 0 Å². The Balaban J connectivity index is 2.35. The Labute approximate surface area is 93.4 Å². The molecule has 2 atom stereocenters. The zero-order valence-electron chi connectivity index (χ0n) is 10.1. The molecule has 1 fully saturated rings. The van der Waals surface area contributed by atoms with Crippen molar-refractivity contribution in [1.82, 2.24) is 4.90 Å². The van der Waals surface area contributed by atoms with Crippen LogP contribution in [-0.2, 0) is 4.74 Å². The minimum atomic E-state index is -0.160. The van der Waals surface area contributed by atoms with Crippen LogP contribution in [0.4, 0.5) is 0 Å². The van der Waals surface area contributed by atoms with Gasteiger partial charge in [-0.25, -0.2) is 0 Å². The SMILES string of the molecule is CCOCCN1CCCC[C@@H]1[C@H](O)CC. The first-order valence-electron chi connectivity index (χ1n) is 6.29. The zero-order chi connectivity index (χ0) is 11.1. The first kappa shape index (κ1) is 12.9. The van der Waals surface area contributed by atoms with Gasteiger partial charge < -0.3 is 9.84 Å². The standard InChI is InChI=1S/C12H25NO2/c1-3-12(14)11-7-5-6-8-13(11)9-10-15-4-2/h11-12,14H,3-10H2,1-2H3/t11-,12-/m1/s1. The third kappa shape index (κ3) is 4.09. The molecule has 0 amide bonds. The summed E-state index contributed by atoms with van der Waals surface area (Å²) in [6, 6.07) is 0.365. The van der Waals surface area contributed by atoms with Crippen molar-refractivity contribution in [2.45, 2.75) is 51.7 Å². The second-order valence-corrected chi connectivity index (χ2v) is 4.27. The van der Waals surface area contributed by atoms with Crippen molar-refractivity contribution >= 4 is 0 Å². The second kappa shape index (κ2) is 7.20. The van der Waals surface area contributed by atoms with Gasteiger partial charge >= 0.3 is 0 Å². The molecule has 0 aromatic heterocycles. The van der Waals surface area contributed by atoms with E-state index in [1.165, 1.54) is 12.8 Å². The molecule has 1 N–H and O–H groups in total. The van der Waals surface area contributed by atoms with Crippen LogP contribution in [0.5, 0.6) is 0 Å². The van der Waals surface area contributed by atoms with E-state index in [9.17, 15) is 5.11 Å². The van der Waals surface area contributed by atoms with Crippen molar-refractivity contribution < 1.29 is 9.84 Å². The molecule has 0 aromatic carbocycles. The minimum Gasteiger partial charge on any atom is -0.392 e. The van der Waals surface area contributed by atoms with E-state index < -0.39 is 0 Å². The number of piperidine rings is 1. The van der Waals surface area contributed by atoms with Crippen LogP contribution in [0.25, 0.3) is 0 Å². The normalized spacial score (nSPS) is 25.4. The molecule has 1 rings (SSSR count). The molecule has 0 aliphatic carbocycles. The van der Waals surface area contributed by atoms with Crippen LogP contribution in [0.2, 0.25) is 0 Å². The molecule has 1 aliphatic heterocycles. The van der Waals surface area contributed by atoms with Crippen LogP contribution in [0.3, 0.4) is 0 Å². The molecular formula is C12H25NO2. The highest BCUT2D eigenvalue weighted by molar-refractivity contribution is 4.82. The number of hydrogen-bond donors (Lipinski definition) is 1. The van der Waals surface area contributed by atoms with Crippen molar-refractivity contribution in [3.8, 4) is 0 Å². The first-order chi connectivity index (χ1) is 7.29. The lowest BCUT2D eigenvalue weighted by atomic mass is 9.96. The highest BCUT2D eigenvalue weighted by Gasteiger charge is 2.27. The maximum absolute atomic E-state index is 9.93. The molecule has 0 aromatic rings. The summed E-state index contributed by atoms with van der Waals surface area (Å²) in [6.45, 7) is 7.75. The number of hydrogen-bond acceptors (Lipinski definition) is 3. The summed E-state index contributed by atoms with van der Waals surface area (Å²) in [5.41, 5.74) is 0. The summed E-state index contributed by atoms with van der Waals surface area (Å²) in [7, 11) is 0. The van der Waals surface area contributed by atoms with E-state index in [2.05, 4.69) is 11.8 Å². The van der Waals surface area contributed by atoms with Crippen LogP contribution < -0.4 is 0 Å². The van der Waals surface area contributed by atoms with E-state index in [-0.39, 0.29) is 6.10 Å². The van der Waals surface area contributed by atoms with Gasteiger partial charge in [-0.1, -0.05) is 13.3 Å². The van der Waals surface area contributed by atoms with Crippen LogP contribution >= 0.6 is 0 Å². The average Bonchev–Trinajstić information content (AvgIpc) is 2.29. The van der Waals surface area contributed by atoms with Crippen LogP contribution in [0, 0.1) is 0 Å². The smallest absolute Gasteiger partial charge is 0.0692 e.